The molecule has 0 N–H and O–H groups in total. The van der Waals surface area contributed by atoms with Gasteiger partial charge in [-0.3, -0.25) is 4.98 Å². The largest absolute Gasteiger partial charge is 0.261 e. The van der Waals surface area contributed by atoms with Crippen molar-refractivity contribution >= 4 is 5.57 Å². The summed E-state index contributed by atoms with van der Waals surface area (Å²) in [6.07, 6.45) is 1.91. The van der Waals surface area contributed by atoms with Crippen LogP contribution in [-0.2, 0) is 5.41 Å². The van der Waals surface area contributed by atoms with E-state index in [4.69, 9.17) is 0 Å². The van der Waals surface area contributed by atoms with Crippen molar-refractivity contribution in [3.63, 3.8) is 0 Å². The van der Waals surface area contributed by atoms with Gasteiger partial charge in [0.2, 0.25) is 0 Å². The zero-order valence-corrected chi connectivity index (χ0v) is 10.7. The number of hydrogen-bond acceptors (Lipinski definition) is 1. The molecule has 0 amide bonds. The lowest BCUT2D eigenvalue weighted by Gasteiger charge is -2.18. The number of allylic oxidation sites excluding steroid dienone is 2. The topological polar surface area (TPSA) is 12.9 Å². The minimum Gasteiger partial charge on any atom is -0.261 e. The van der Waals surface area contributed by atoms with Gasteiger partial charge in [-0.25, -0.2) is 0 Å². The Kier molecular flexibility index (Phi) is 3.33. The molecule has 0 aromatic carbocycles. The summed E-state index contributed by atoms with van der Waals surface area (Å²) >= 11 is 0. The molecule has 0 saturated carbocycles. The van der Waals surface area contributed by atoms with Gasteiger partial charge in [-0.05, 0) is 44.0 Å². The van der Waals surface area contributed by atoms with Crippen LogP contribution in [0.1, 0.15) is 52.8 Å². The molecular weight excluding hydrogens is 182 g/mol. The molecule has 1 nitrogen and oxygen atoms in total. The molecule has 0 saturated heterocycles. The second-order valence-electron chi connectivity index (χ2n) is 5.30. The molecule has 15 heavy (non-hydrogen) atoms. The maximum atomic E-state index is 4.43. The van der Waals surface area contributed by atoms with Crippen LogP contribution in [0.4, 0.5) is 0 Å². The van der Waals surface area contributed by atoms with E-state index in [2.05, 4.69) is 58.7 Å². The highest BCUT2D eigenvalue weighted by atomic mass is 14.7. The van der Waals surface area contributed by atoms with Gasteiger partial charge in [-0.2, -0.15) is 0 Å². The van der Waals surface area contributed by atoms with Crippen molar-refractivity contribution in [3.8, 4) is 0 Å². The lowest BCUT2D eigenvalue weighted by Crippen LogP contribution is -2.13. The molecule has 82 valence electrons. The number of rotatable bonds is 1. The highest BCUT2D eigenvalue weighted by molar-refractivity contribution is 5.66. The summed E-state index contributed by atoms with van der Waals surface area (Å²) in [6, 6.07) is 4.28. The van der Waals surface area contributed by atoms with Crippen molar-refractivity contribution in [1.82, 2.24) is 4.98 Å². The van der Waals surface area contributed by atoms with Crippen LogP contribution in [0.5, 0.6) is 0 Å². The molecule has 0 unspecified atom stereocenters. The number of aromatic nitrogens is 1. The summed E-state index contributed by atoms with van der Waals surface area (Å²) in [5.74, 6) is 0. The van der Waals surface area contributed by atoms with Crippen molar-refractivity contribution in [2.45, 2.75) is 47.0 Å². The Balaban J connectivity index is 3.21. The fourth-order valence-corrected chi connectivity index (χ4v) is 1.36. The second-order valence-corrected chi connectivity index (χ2v) is 5.30. The summed E-state index contributed by atoms with van der Waals surface area (Å²) in [6.45, 7) is 13.0. The highest BCUT2D eigenvalue weighted by Crippen LogP contribution is 2.24. The molecule has 0 spiro atoms. The van der Waals surface area contributed by atoms with Gasteiger partial charge in [-0.1, -0.05) is 26.3 Å². The monoisotopic (exact) mass is 203 g/mol. The van der Waals surface area contributed by atoms with E-state index in [-0.39, 0.29) is 5.41 Å². The Morgan fingerprint density at radius 2 is 1.73 bits per heavy atom. The van der Waals surface area contributed by atoms with Crippen LogP contribution in [0, 0.1) is 0 Å². The zero-order valence-electron chi connectivity index (χ0n) is 10.7. The Hall–Kier alpha value is -1.11. The SMILES string of the molecule is CC(C)=C(C)c1ccnc(C(C)(C)C)c1. The average molecular weight is 203 g/mol. The zero-order chi connectivity index (χ0) is 11.6. The molecule has 1 aromatic rings. The minimum atomic E-state index is 0.123. The molecule has 1 heterocycles. The van der Waals surface area contributed by atoms with Crippen LogP contribution < -0.4 is 0 Å². The van der Waals surface area contributed by atoms with Crippen molar-refractivity contribution in [1.29, 1.82) is 0 Å². The third kappa shape index (κ3) is 2.92. The summed E-state index contributed by atoms with van der Waals surface area (Å²) in [4.78, 5) is 4.43. The maximum Gasteiger partial charge on any atom is 0.0463 e. The van der Waals surface area contributed by atoms with E-state index in [9.17, 15) is 0 Å². The first kappa shape index (κ1) is 12.0. The molecule has 0 radical (unpaired) electrons. The van der Waals surface area contributed by atoms with E-state index in [1.807, 2.05) is 6.20 Å². The molecule has 1 heteroatoms. The molecule has 1 aromatic heterocycles. The Bertz CT molecular complexity index is 377. The molecular formula is C14H21N. The maximum absolute atomic E-state index is 4.43. The lowest BCUT2D eigenvalue weighted by molar-refractivity contribution is 0.568. The van der Waals surface area contributed by atoms with Gasteiger partial charge in [0.15, 0.2) is 0 Å². The lowest BCUT2D eigenvalue weighted by atomic mass is 9.89. The first-order valence-electron chi connectivity index (χ1n) is 5.43. The van der Waals surface area contributed by atoms with Crippen molar-refractivity contribution in [2.75, 3.05) is 0 Å². The van der Waals surface area contributed by atoms with E-state index in [0.717, 1.165) is 5.69 Å². The van der Waals surface area contributed by atoms with Gasteiger partial charge in [0, 0.05) is 17.3 Å². The summed E-state index contributed by atoms with van der Waals surface area (Å²) in [5, 5.41) is 0. The third-order valence-electron chi connectivity index (χ3n) is 2.71. The van der Waals surface area contributed by atoms with Gasteiger partial charge < -0.3 is 0 Å². The standard InChI is InChI=1S/C14H21N/c1-10(2)11(3)12-7-8-15-13(9-12)14(4,5)6/h7-9H,1-6H3. The fraction of sp³-hybridized carbons (Fsp3) is 0.500. The highest BCUT2D eigenvalue weighted by Gasteiger charge is 2.15. The Morgan fingerprint density at radius 3 is 2.20 bits per heavy atom. The second kappa shape index (κ2) is 4.18. The molecule has 0 atom stereocenters. The molecule has 0 aliphatic carbocycles. The van der Waals surface area contributed by atoms with Crippen LogP contribution in [0.3, 0.4) is 0 Å². The quantitative estimate of drug-likeness (QED) is 0.667. The summed E-state index contributed by atoms with van der Waals surface area (Å²) in [5.41, 5.74) is 5.28. The smallest absolute Gasteiger partial charge is 0.0463 e. The van der Waals surface area contributed by atoms with Crippen molar-refractivity contribution in [3.05, 3.63) is 35.2 Å². The average Bonchev–Trinajstić information content (AvgIpc) is 2.15. The number of hydrogen-bond donors (Lipinski definition) is 0. The summed E-state index contributed by atoms with van der Waals surface area (Å²) < 4.78 is 0. The number of nitrogens with zero attached hydrogens (tertiary/aromatic N) is 1. The van der Waals surface area contributed by atoms with Crippen LogP contribution in [0.2, 0.25) is 0 Å². The number of pyridine rings is 1. The predicted octanol–water partition coefficient (Wildman–Crippen LogP) is 4.19. The van der Waals surface area contributed by atoms with Gasteiger partial charge in [0.1, 0.15) is 0 Å². The molecule has 0 aliphatic heterocycles. The molecule has 0 fully saturated rings. The van der Waals surface area contributed by atoms with Crippen LogP contribution in [-0.4, -0.2) is 4.98 Å². The van der Waals surface area contributed by atoms with E-state index >= 15 is 0 Å². The van der Waals surface area contributed by atoms with Crippen molar-refractivity contribution in [2.24, 2.45) is 0 Å². The van der Waals surface area contributed by atoms with E-state index < -0.39 is 0 Å². The van der Waals surface area contributed by atoms with Crippen LogP contribution >= 0.6 is 0 Å². The molecule has 0 bridgehead atoms. The van der Waals surface area contributed by atoms with Crippen LogP contribution in [0.15, 0.2) is 23.9 Å². The molecule has 1 rings (SSSR count). The fourth-order valence-electron chi connectivity index (χ4n) is 1.36. The minimum absolute atomic E-state index is 0.123. The normalized spacial score (nSPS) is 11.3. The van der Waals surface area contributed by atoms with Crippen molar-refractivity contribution < 1.29 is 0 Å². The third-order valence-corrected chi connectivity index (χ3v) is 2.71. The van der Waals surface area contributed by atoms with Gasteiger partial charge in [0.05, 0.1) is 0 Å². The van der Waals surface area contributed by atoms with Crippen LogP contribution in [0.25, 0.3) is 5.57 Å². The first-order valence-corrected chi connectivity index (χ1v) is 5.43. The van der Waals surface area contributed by atoms with E-state index in [1.165, 1.54) is 16.7 Å². The van der Waals surface area contributed by atoms with Gasteiger partial charge in [-0.15, -0.1) is 0 Å². The van der Waals surface area contributed by atoms with E-state index in [0.29, 0.717) is 0 Å². The van der Waals surface area contributed by atoms with Gasteiger partial charge in [0.25, 0.3) is 0 Å². The predicted molar refractivity (Wildman–Crippen MR) is 66.9 cm³/mol. The van der Waals surface area contributed by atoms with Gasteiger partial charge >= 0.3 is 0 Å². The van der Waals surface area contributed by atoms with E-state index in [1.54, 1.807) is 0 Å². The molecule has 0 aliphatic rings. The first-order chi connectivity index (χ1) is 6.82. The Morgan fingerprint density at radius 1 is 1.13 bits per heavy atom. The Labute approximate surface area is 93.2 Å². The summed E-state index contributed by atoms with van der Waals surface area (Å²) in [7, 11) is 0.